The first-order chi connectivity index (χ1) is 9.90. The predicted molar refractivity (Wildman–Crippen MR) is 76.3 cm³/mol. The number of H-pyrrole nitrogens is 1. The van der Waals surface area contributed by atoms with Crippen molar-refractivity contribution >= 4 is 11.0 Å². The van der Waals surface area contributed by atoms with E-state index in [1.54, 1.807) is 0 Å². The summed E-state index contributed by atoms with van der Waals surface area (Å²) in [5, 5.41) is 11.9. The molecule has 0 unspecified atom stereocenters. The molecule has 0 aromatic carbocycles. The molecule has 2 N–H and O–H groups in total. The van der Waals surface area contributed by atoms with E-state index in [2.05, 4.69) is 31.7 Å². The average Bonchev–Trinajstić information content (AvgIpc) is 3.16. The maximum atomic E-state index is 4.42. The molecular weight excluding hydrogens is 252 g/mol. The van der Waals surface area contributed by atoms with E-state index in [0.29, 0.717) is 6.04 Å². The first-order valence-electron chi connectivity index (χ1n) is 6.96. The van der Waals surface area contributed by atoms with Crippen molar-refractivity contribution in [3.05, 3.63) is 30.7 Å². The summed E-state index contributed by atoms with van der Waals surface area (Å²) in [7, 11) is 0. The van der Waals surface area contributed by atoms with Gasteiger partial charge in [0.05, 0.1) is 23.3 Å². The second-order valence-corrected chi connectivity index (χ2v) is 5.20. The second kappa shape index (κ2) is 4.72. The number of aromatic nitrogens is 5. The highest BCUT2D eigenvalue weighted by Gasteiger charge is 2.17. The molecule has 4 heterocycles. The number of aromatic amines is 1. The zero-order valence-corrected chi connectivity index (χ0v) is 11.1. The second-order valence-electron chi connectivity index (χ2n) is 5.20. The summed E-state index contributed by atoms with van der Waals surface area (Å²) < 4.78 is 2.00. The van der Waals surface area contributed by atoms with Crippen molar-refractivity contribution in [2.24, 2.45) is 0 Å². The molecular formula is C14H16N6. The lowest BCUT2D eigenvalue weighted by molar-refractivity contribution is 0.337. The van der Waals surface area contributed by atoms with Crippen LogP contribution in [0.2, 0.25) is 0 Å². The van der Waals surface area contributed by atoms with Gasteiger partial charge in [0, 0.05) is 18.0 Å². The highest BCUT2D eigenvalue weighted by molar-refractivity contribution is 5.79. The molecule has 0 saturated carbocycles. The van der Waals surface area contributed by atoms with Crippen LogP contribution < -0.4 is 5.32 Å². The lowest BCUT2D eigenvalue weighted by Crippen LogP contribution is -2.29. The Morgan fingerprint density at radius 1 is 1.25 bits per heavy atom. The van der Waals surface area contributed by atoms with Crippen molar-refractivity contribution in [1.82, 2.24) is 30.3 Å². The molecule has 0 bridgehead atoms. The van der Waals surface area contributed by atoms with Crippen LogP contribution in [0.25, 0.3) is 22.3 Å². The van der Waals surface area contributed by atoms with Gasteiger partial charge in [0.25, 0.3) is 0 Å². The lowest BCUT2D eigenvalue weighted by Gasteiger charge is -2.22. The molecule has 0 radical (unpaired) electrons. The fourth-order valence-corrected chi connectivity index (χ4v) is 2.73. The van der Waals surface area contributed by atoms with Crippen LogP contribution in [0.5, 0.6) is 0 Å². The number of piperidine rings is 1. The Morgan fingerprint density at radius 2 is 2.15 bits per heavy atom. The third kappa shape index (κ3) is 1.98. The first-order valence-corrected chi connectivity index (χ1v) is 6.96. The van der Waals surface area contributed by atoms with E-state index in [0.717, 1.165) is 48.2 Å². The Balaban J connectivity index is 1.66. The number of rotatable bonds is 2. The summed E-state index contributed by atoms with van der Waals surface area (Å²) in [6, 6.07) is 4.49. The molecule has 0 amide bonds. The Bertz CT molecular complexity index is 722. The molecule has 1 fully saturated rings. The highest BCUT2D eigenvalue weighted by atomic mass is 15.4. The van der Waals surface area contributed by atoms with E-state index in [-0.39, 0.29) is 0 Å². The van der Waals surface area contributed by atoms with Gasteiger partial charge in [-0.05, 0) is 38.1 Å². The van der Waals surface area contributed by atoms with Gasteiger partial charge in [-0.3, -0.25) is 4.98 Å². The van der Waals surface area contributed by atoms with Crippen LogP contribution in [0, 0.1) is 0 Å². The van der Waals surface area contributed by atoms with E-state index in [1.165, 1.54) is 0 Å². The van der Waals surface area contributed by atoms with Crippen LogP contribution in [-0.2, 0) is 0 Å². The van der Waals surface area contributed by atoms with E-state index in [1.807, 2.05) is 29.3 Å². The molecule has 6 heteroatoms. The van der Waals surface area contributed by atoms with Gasteiger partial charge in [0.1, 0.15) is 5.69 Å². The number of hydrogen-bond acceptors (Lipinski definition) is 4. The average molecular weight is 268 g/mol. The van der Waals surface area contributed by atoms with Crippen molar-refractivity contribution in [3.8, 4) is 11.3 Å². The van der Waals surface area contributed by atoms with Gasteiger partial charge in [-0.1, -0.05) is 5.21 Å². The van der Waals surface area contributed by atoms with Crippen LogP contribution in [0.4, 0.5) is 0 Å². The van der Waals surface area contributed by atoms with Crippen molar-refractivity contribution in [1.29, 1.82) is 0 Å². The van der Waals surface area contributed by atoms with Crippen molar-refractivity contribution in [2.45, 2.75) is 18.9 Å². The van der Waals surface area contributed by atoms with Gasteiger partial charge in [-0.2, -0.15) is 0 Å². The molecule has 3 aromatic heterocycles. The highest BCUT2D eigenvalue weighted by Crippen LogP contribution is 2.23. The third-order valence-electron chi connectivity index (χ3n) is 3.89. The SMILES string of the molecule is c1cc2ncc(-c3cn(C4CCNCC4)nn3)cc2[nH]1. The Morgan fingerprint density at radius 3 is 3.05 bits per heavy atom. The maximum Gasteiger partial charge on any atom is 0.114 e. The lowest BCUT2D eigenvalue weighted by atomic mass is 10.1. The van der Waals surface area contributed by atoms with Gasteiger partial charge in [0.2, 0.25) is 0 Å². The van der Waals surface area contributed by atoms with E-state index in [4.69, 9.17) is 0 Å². The summed E-state index contributed by atoms with van der Waals surface area (Å²) in [5.74, 6) is 0. The minimum Gasteiger partial charge on any atom is -0.360 e. The smallest absolute Gasteiger partial charge is 0.114 e. The van der Waals surface area contributed by atoms with Crippen LogP contribution in [0.15, 0.2) is 30.7 Å². The Kier molecular flexibility index (Phi) is 2.74. The molecule has 0 atom stereocenters. The van der Waals surface area contributed by atoms with E-state index in [9.17, 15) is 0 Å². The summed E-state index contributed by atoms with van der Waals surface area (Å²) in [6.07, 6.45) is 8.00. The monoisotopic (exact) mass is 268 g/mol. The minimum absolute atomic E-state index is 0.458. The topological polar surface area (TPSA) is 71.4 Å². The van der Waals surface area contributed by atoms with Gasteiger partial charge < -0.3 is 10.3 Å². The van der Waals surface area contributed by atoms with E-state index < -0.39 is 0 Å². The number of nitrogens with zero attached hydrogens (tertiary/aromatic N) is 4. The molecule has 3 aromatic rings. The Labute approximate surface area is 116 Å². The normalized spacial score (nSPS) is 16.8. The molecule has 0 aliphatic carbocycles. The van der Waals surface area contributed by atoms with Crippen molar-refractivity contribution in [3.63, 3.8) is 0 Å². The summed E-state index contributed by atoms with van der Waals surface area (Å²) in [6.45, 7) is 2.10. The zero-order valence-electron chi connectivity index (χ0n) is 11.1. The van der Waals surface area contributed by atoms with Crippen LogP contribution in [0.3, 0.4) is 0 Å². The molecule has 0 spiro atoms. The van der Waals surface area contributed by atoms with Crippen molar-refractivity contribution < 1.29 is 0 Å². The quantitative estimate of drug-likeness (QED) is 0.742. The summed E-state index contributed by atoms with van der Waals surface area (Å²) in [5.41, 5.74) is 3.88. The number of hydrogen-bond donors (Lipinski definition) is 2. The first kappa shape index (κ1) is 11.6. The standard InChI is InChI=1S/C14H16N6/c1-4-15-5-2-11(1)20-9-14(18-19-20)10-7-13-12(17-8-10)3-6-16-13/h3,6-9,11,15-16H,1-2,4-5H2. The van der Waals surface area contributed by atoms with Gasteiger partial charge in [-0.25, -0.2) is 4.68 Å². The third-order valence-corrected chi connectivity index (χ3v) is 3.89. The fraction of sp³-hybridized carbons (Fsp3) is 0.357. The van der Waals surface area contributed by atoms with Crippen LogP contribution >= 0.6 is 0 Å². The summed E-state index contributed by atoms with van der Waals surface area (Å²) in [4.78, 5) is 7.60. The maximum absolute atomic E-state index is 4.42. The van der Waals surface area contributed by atoms with Crippen LogP contribution in [-0.4, -0.2) is 38.1 Å². The number of pyridine rings is 1. The van der Waals surface area contributed by atoms with Gasteiger partial charge in [0.15, 0.2) is 0 Å². The zero-order chi connectivity index (χ0) is 13.4. The molecule has 20 heavy (non-hydrogen) atoms. The van der Waals surface area contributed by atoms with Gasteiger partial charge >= 0.3 is 0 Å². The molecule has 1 aliphatic heterocycles. The van der Waals surface area contributed by atoms with Crippen LogP contribution in [0.1, 0.15) is 18.9 Å². The van der Waals surface area contributed by atoms with Crippen molar-refractivity contribution in [2.75, 3.05) is 13.1 Å². The Hall–Kier alpha value is -2.21. The van der Waals surface area contributed by atoms with Gasteiger partial charge in [-0.15, -0.1) is 5.10 Å². The molecule has 4 rings (SSSR count). The number of nitrogens with one attached hydrogen (secondary N) is 2. The van der Waals surface area contributed by atoms with E-state index >= 15 is 0 Å². The molecule has 1 saturated heterocycles. The summed E-state index contributed by atoms with van der Waals surface area (Å²) >= 11 is 0. The fourth-order valence-electron chi connectivity index (χ4n) is 2.73. The molecule has 6 nitrogen and oxygen atoms in total. The number of fused-ring (bicyclic) bond motifs is 1. The molecule has 102 valence electrons. The largest absolute Gasteiger partial charge is 0.360 e. The predicted octanol–water partition coefficient (Wildman–Crippen LogP) is 1.75. The minimum atomic E-state index is 0.458. The molecule has 1 aliphatic rings.